The average molecular weight is 341 g/mol. The van der Waals surface area contributed by atoms with Gasteiger partial charge in [-0.2, -0.15) is 0 Å². The second-order valence-electron chi connectivity index (χ2n) is 6.71. The number of amides is 1. The number of piperazine rings is 1. The van der Waals surface area contributed by atoms with Gasteiger partial charge < -0.3 is 14.5 Å². The molecule has 1 aliphatic rings. The second-order valence-corrected chi connectivity index (χ2v) is 6.71. The molecule has 1 saturated heterocycles. The van der Waals surface area contributed by atoms with Gasteiger partial charge in [0.2, 0.25) is 0 Å². The van der Waals surface area contributed by atoms with Gasteiger partial charge in [-0.25, -0.2) is 9.78 Å². The molecule has 5 heteroatoms. The molecule has 25 heavy (non-hydrogen) atoms. The normalized spacial score (nSPS) is 14.8. The van der Waals surface area contributed by atoms with Gasteiger partial charge in [0.25, 0.3) is 0 Å². The minimum atomic E-state index is -0.188. The molecule has 0 N–H and O–H groups in total. The van der Waals surface area contributed by atoms with Gasteiger partial charge in [-0.1, -0.05) is 31.5 Å². The van der Waals surface area contributed by atoms with Crippen LogP contribution in [0.5, 0.6) is 0 Å². The van der Waals surface area contributed by atoms with Crippen molar-refractivity contribution in [1.29, 1.82) is 0 Å². The van der Waals surface area contributed by atoms with Crippen molar-refractivity contribution in [2.45, 2.75) is 33.6 Å². The topological polar surface area (TPSA) is 45.7 Å². The van der Waals surface area contributed by atoms with Crippen LogP contribution in [0.1, 0.15) is 30.9 Å². The summed E-state index contributed by atoms with van der Waals surface area (Å²) in [6.45, 7) is 9.76. The zero-order valence-corrected chi connectivity index (χ0v) is 15.4. The Balaban J connectivity index is 1.68. The van der Waals surface area contributed by atoms with Gasteiger partial charge in [0.1, 0.15) is 5.82 Å². The van der Waals surface area contributed by atoms with Crippen molar-refractivity contribution < 1.29 is 9.53 Å². The largest absolute Gasteiger partial charge is 0.449 e. The van der Waals surface area contributed by atoms with Crippen LogP contribution in [0.25, 0.3) is 10.9 Å². The number of carbonyl (C=O) groups is 1. The third-order valence-electron chi connectivity index (χ3n) is 4.82. The fourth-order valence-electron chi connectivity index (χ4n) is 3.22. The molecule has 0 unspecified atom stereocenters. The Kier molecular flexibility index (Phi) is 5.41. The summed E-state index contributed by atoms with van der Waals surface area (Å²) in [7, 11) is 0. The molecule has 3 rings (SSSR count). The Morgan fingerprint density at radius 1 is 1.16 bits per heavy atom. The smallest absolute Gasteiger partial charge is 0.409 e. The zero-order valence-electron chi connectivity index (χ0n) is 15.4. The number of nitrogens with zero attached hydrogens (tertiary/aromatic N) is 3. The number of ether oxygens (including phenoxy) is 1. The van der Waals surface area contributed by atoms with Crippen LogP contribution in [0.4, 0.5) is 10.6 Å². The van der Waals surface area contributed by atoms with E-state index in [0.717, 1.165) is 37.3 Å². The van der Waals surface area contributed by atoms with Crippen LogP contribution in [-0.2, 0) is 4.74 Å². The highest BCUT2D eigenvalue weighted by Crippen LogP contribution is 2.25. The molecular weight excluding hydrogens is 314 g/mol. The zero-order chi connectivity index (χ0) is 17.8. The molecule has 0 atom stereocenters. The Labute approximate surface area is 149 Å². The third kappa shape index (κ3) is 3.86. The summed E-state index contributed by atoms with van der Waals surface area (Å²) in [5.41, 5.74) is 3.50. The summed E-state index contributed by atoms with van der Waals surface area (Å²) in [6, 6.07) is 8.45. The van der Waals surface area contributed by atoms with E-state index >= 15 is 0 Å². The lowest BCUT2D eigenvalue weighted by molar-refractivity contribution is 0.0989. The van der Waals surface area contributed by atoms with Gasteiger partial charge in [-0.3, -0.25) is 0 Å². The van der Waals surface area contributed by atoms with Gasteiger partial charge in [0, 0.05) is 31.6 Å². The van der Waals surface area contributed by atoms with E-state index < -0.39 is 0 Å². The summed E-state index contributed by atoms with van der Waals surface area (Å²) in [5.74, 6) is 0.998. The van der Waals surface area contributed by atoms with E-state index in [-0.39, 0.29) is 6.09 Å². The number of unbranched alkanes of at least 4 members (excludes halogenated alkanes) is 1. The number of pyridine rings is 1. The number of rotatable bonds is 4. The number of aryl methyl sites for hydroxylation is 2. The molecule has 1 fully saturated rings. The van der Waals surface area contributed by atoms with E-state index in [4.69, 9.17) is 9.72 Å². The molecule has 2 aromatic rings. The molecule has 1 aliphatic heterocycles. The van der Waals surface area contributed by atoms with Crippen molar-refractivity contribution >= 4 is 22.8 Å². The molecule has 5 nitrogen and oxygen atoms in total. The van der Waals surface area contributed by atoms with Crippen molar-refractivity contribution in [3.8, 4) is 0 Å². The van der Waals surface area contributed by atoms with Crippen molar-refractivity contribution in [1.82, 2.24) is 9.88 Å². The van der Waals surface area contributed by atoms with E-state index in [2.05, 4.69) is 49.9 Å². The first kappa shape index (κ1) is 17.5. The Bertz CT molecular complexity index is 752. The molecule has 1 amide bonds. The maximum absolute atomic E-state index is 12.1. The number of anilines is 1. The van der Waals surface area contributed by atoms with Crippen LogP contribution in [0, 0.1) is 13.8 Å². The summed E-state index contributed by atoms with van der Waals surface area (Å²) in [5, 5.41) is 1.21. The molecule has 0 bridgehead atoms. The van der Waals surface area contributed by atoms with Crippen LogP contribution in [0.15, 0.2) is 24.3 Å². The third-order valence-corrected chi connectivity index (χ3v) is 4.82. The van der Waals surface area contributed by atoms with Crippen molar-refractivity contribution in [2.75, 3.05) is 37.7 Å². The van der Waals surface area contributed by atoms with Crippen LogP contribution in [0.3, 0.4) is 0 Å². The number of carbonyl (C=O) groups excluding carboxylic acids is 1. The predicted octanol–water partition coefficient (Wildman–Crippen LogP) is 3.91. The van der Waals surface area contributed by atoms with Crippen LogP contribution in [-0.4, -0.2) is 48.8 Å². The van der Waals surface area contributed by atoms with Gasteiger partial charge in [0.05, 0.1) is 12.1 Å². The first-order chi connectivity index (χ1) is 12.1. The average Bonchev–Trinajstić information content (AvgIpc) is 2.63. The van der Waals surface area contributed by atoms with Gasteiger partial charge in [0.15, 0.2) is 0 Å². The summed E-state index contributed by atoms with van der Waals surface area (Å²) >= 11 is 0. The highest BCUT2D eigenvalue weighted by atomic mass is 16.6. The number of aromatic nitrogens is 1. The minimum Gasteiger partial charge on any atom is -0.449 e. The van der Waals surface area contributed by atoms with Crippen LogP contribution < -0.4 is 4.90 Å². The molecule has 0 spiro atoms. The number of benzene rings is 1. The van der Waals surface area contributed by atoms with E-state index in [0.29, 0.717) is 19.7 Å². The lowest BCUT2D eigenvalue weighted by atomic mass is 10.1. The first-order valence-electron chi connectivity index (χ1n) is 9.13. The molecular formula is C20H27N3O2. The Morgan fingerprint density at radius 2 is 1.92 bits per heavy atom. The maximum Gasteiger partial charge on any atom is 0.409 e. The number of para-hydroxylation sites is 1. The van der Waals surface area contributed by atoms with Gasteiger partial charge in [-0.05, 0) is 37.5 Å². The molecule has 1 aromatic carbocycles. The monoisotopic (exact) mass is 341 g/mol. The Hall–Kier alpha value is -2.30. The van der Waals surface area contributed by atoms with Gasteiger partial charge >= 0.3 is 6.09 Å². The van der Waals surface area contributed by atoms with Crippen molar-refractivity contribution in [3.05, 3.63) is 35.4 Å². The summed E-state index contributed by atoms with van der Waals surface area (Å²) in [4.78, 5) is 21.0. The van der Waals surface area contributed by atoms with Crippen molar-refractivity contribution in [2.24, 2.45) is 0 Å². The lowest BCUT2D eigenvalue weighted by Gasteiger charge is -2.35. The highest BCUT2D eigenvalue weighted by molar-refractivity contribution is 5.86. The minimum absolute atomic E-state index is 0.188. The van der Waals surface area contributed by atoms with Crippen LogP contribution in [0.2, 0.25) is 0 Å². The summed E-state index contributed by atoms with van der Waals surface area (Å²) in [6.07, 6.45) is 1.77. The van der Waals surface area contributed by atoms with E-state index in [1.54, 1.807) is 4.90 Å². The van der Waals surface area contributed by atoms with E-state index in [9.17, 15) is 4.79 Å². The van der Waals surface area contributed by atoms with Crippen molar-refractivity contribution in [3.63, 3.8) is 0 Å². The maximum atomic E-state index is 12.1. The van der Waals surface area contributed by atoms with Crippen LogP contribution >= 0.6 is 0 Å². The quantitative estimate of drug-likeness (QED) is 0.791. The SMILES string of the molecule is CCCCOC(=O)N1CCN(c2cc(C)c3cccc(C)c3n2)CC1. The molecule has 2 heterocycles. The number of hydrogen-bond acceptors (Lipinski definition) is 4. The molecule has 0 radical (unpaired) electrons. The highest BCUT2D eigenvalue weighted by Gasteiger charge is 2.23. The summed E-state index contributed by atoms with van der Waals surface area (Å²) < 4.78 is 5.31. The fraction of sp³-hybridized carbons (Fsp3) is 0.500. The van der Waals surface area contributed by atoms with Gasteiger partial charge in [-0.15, -0.1) is 0 Å². The standard InChI is InChI=1S/C20H27N3O2/c1-4-5-13-25-20(24)23-11-9-22(10-12-23)18-14-16(3)17-8-6-7-15(2)19(17)21-18/h6-8,14H,4-5,9-13H2,1-3H3. The molecule has 1 aromatic heterocycles. The first-order valence-corrected chi connectivity index (χ1v) is 9.13. The predicted molar refractivity (Wildman–Crippen MR) is 101 cm³/mol. The fourth-order valence-corrected chi connectivity index (χ4v) is 3.22. The molecule has 134 valence electrons. The molecule has 0 aliphatic carbocycles. The second kappa shape index (κ2) is 7.72. The van der Waals surface area contributed by atoms with E-state index in [1.807, 2.05) is 0 Å². The number of hydrogen-bond donors (Lipinski definition) is 0. The molecule has 0 saturated carbocycles. The van der Waals surface area contributed by atoms with E-state index in [1.165, 1.54) is 16.5 Å². The lowest BCUT2D eigenvalue weighted by Crippen LogP contribution is -2.49. The number of fused-ring (bicyclic) bond motifs is 1. The Morgan fingerprint density at radius 3 is 2.64 bits per heavy atom.